The Morgan fingerprint density at radius 1 is 1.30 bits per heavy atom. The maximum Gasteiger partial charge on any atom is 0.230 e. The molecule has 1 N–H and O–H groups in total. The minimum absolute atomic E-state index is 0.0273. The number of thioether (sulfide) groups is 1. The molecule has 1 saturated carbocycles. The SMILES string of the molecule is CC(C)OCc1ccccc1CNC(=O)CSc1nnnn1C1CCCC1. The number of ether oxygens (including phenoxy) is 1. The molecule has 0 unspecified atom stereocenters. The highest BCUT2D eigenvalue weighted by Crippen LogP contribution is 2.31. The zero-order chi connectivity index (χ0) is 19.1. The number of rotatable bonds is 9. The molecule has 0 spiro atoms. The first-order valence-electron chi connectivity index (χ1n) is 9.49. The average Bonchev–Trinajstić information content (AvgIpc) is 3.34. The van der Waals surface area contributed by atoms with Crippen LogP contribution in [0.4, 0.5) is 0 Å². The Balaban J connectivity index is 1.49. The molecule has 1 fully saturated rings. The summed E-state index contributed by atoms with van der Waals surface area (Å²) < 4.78 is 7.57. The number of hydrogen-bond donors (Lipinski definition) is 1. The van der Waals surface area contributed by atoms with Crippen molar-refractivity contribution in [3.05, 3.63) is 35.4 Å². The van der Waals surface area contributed by atoms with Crippen LogP contribution < -0.4 is 5.32 Å². The highest BCUT2D eigenvalue weighted by molar-refractivity contribution is 7.99. The second-order valence-electron chi connectivity index (χ2n) is 7.04. The number of nitrogens with one attached hydrogen (secondary N) is 1. The molecule has 1 aliphatic carbocycles. The zero-order valence-corrected chi connectivity index (χ0v) is 16.7. The number of benzene rings is 1. The predicted molar refractivity (Wildman–Crippen MR) is 104 cm³/mol. The molecule has 8 heteroatoms. The van der Waals surface area contributed by atoms with Gasteiger partial charge in [-0.25, -0.2) is 4.68 Å². The first kappa shape index (κ1) is 19.8. The monoisotopic (exact) mass is 389 g/mol. The molecule has 0 saturated heterocycles. The Bertz CT molecular complexity index is 743. The minimum Gasteiger partial charge on any atom is -0.374 e. The van der Waals surface area contributed by atoms with E-state index >= 15 is 0 Å². The summed E-state index contributed by atoms with van der Waals surface area (Å²) in [4.78, 5) is 12.3. The van der Waals surface area contributed by atoms with E-state index in [9.17, 15) is 4.79 Å². The van der Waals surface area contributed by atoms with E-state index in [0.29, 0.717) is 24.9 Å². The van der Waals surface area contributed by atoms with Crippen molar-refractivity contribution in [3.63, 3.8) is 0 Å². The number of tetrazole rings is 1. The Hall–Kier alpha value is -1.93. The lowest BCUT2D eigenvalue weighted by atomic mass is 10.1. The van der Waals surface area contributed by atoms with Crippen molar-refractivity contribution in [2.75, 3.05) is 5.75 Å². The minimum atomic E-state index is -0.0273. The Kier molecular flexibility index (Phi) is 7.23. The molecule has 0 atom stereocenters. The van der Waals surface area contributed by atoms with Crippen LogP contribution >= 0.6 is 11.8 Å². The van der Waals surface area contributed by atoms with Gasteiger partial charge in [0.15, 0.2) is 0 Å². The zero-order valence-electron chi connectivity index (χ0n) is 15.9. The fourth-order valence-corrected chi connectivity index (χ4v) is 3.93. The van der Waals surface area contributed by atoms with E-state index in [1.54, 1.807) is 0 Å². The lowest BCUT2D eigenvalue weighted by molar-refractivity contribution is -0.118. The van der Waals surface area contributed by atoms with Gasteiger partial charge in [-0.15, -0.1) is 5.10 Å². The van der Waals surface area contributed by atoms with E-state index in [-0.39, 0.29) is 12.0 Å². The van der Waals surface area contributed by atoms with Gasteiger partial charge in [0.05, 0.1) is 24.5 Å². The largest absolute Gasteiger partial charge is 0.374 e. The highest BCUT2D eigenvalue weighted by Gasteiger charge is 2.22. The van der Waals surface area contributed by atoms with Crippen LogP contribution in [0.2, 0.25) is 0 Å². The maximum atomic E-state index is 12.3. The molecule has 0 radical (unpaired) electrons. The van der Waals surface area contributed by atoms with Gasteiger partial charge in [-0.2, -0.15) is 0 Å². The number of aromatic nitrogens is 4. The maximum absolute atomic E-state index is 12.3. The predicted octanol–water partition coefficient (Wildman–Crippen LogP) is 3.12. The highest BCUT2D eigenvalue weighted by atomic mass is 32.2. The summed E-state index contributed by atoms with van der Waals surface area (Å²) in [7, 11) is 0. The van der Waals surface area contributed by atoms with E-state index in [1.807, 2.05) is 42.8 Å². The summed E-state index contributed by atoms with van der Waals surface area (Å²) in [5.41, 5.74) is 2.18. The molecule has 7 nitrogen and oxygen atoms in total. The van der Waals surface area contributed by atoms with Crippen LogP contribution in [-0.4, -0.2) is 38.0 Å². The van der Waals surface area contributed by atoms with E-state index in [1.165, 1.54) is 24.6 Å². The van der Waals surface area contributed by atoms with E-state index in [2.05, 4.69) is 20.8 Å². The molecule has 0 bridgehead atoms. The van der Waals surface area contributed by atoms with Gasteiger partial charge < -0.3 is 10.1 Å². The summed E-state index contributed by atoms with van der Waals surface area (Å²) in [6.45, 7) is 5.07. The first-order chi connectivity index (χ1) is 13.1. The van der Waals surface area contributed by atoms with Crippen LogP contribution in [0.25, 0.3) is 0 Å². The molecule has 27 heavy (non-hydrogen) atoms. The molecular weight excluding hydrogens is 362 g/mol. The van der Waals surface area contributed by atoms with Crippen LogP contribution in [0.15, 0.2) is 29.4 Å². The van der Waals surface area contributed by atoms with Crippen molar-refractivity contribution in [3.8, 4) is 0 Å². The summed E-state index contributed by atoms with van der Waals surface area (Å²) in [6, 6.07) is 8.40. The molecule has 1 amide bonds. The third-order valence-electron chi connectivity index (χ3n) is 4.63. The average molecular weight is 390 g/mol. The quantitative estimate of drug-likeness (QED) is 0.664. The molecule has 1 aromatic heterocycles. The van der Waals surface area contributed by atoms with Gasteiger partial charge in [-0.05, 0) is 48.2 Å². The van der Waals surface area contributed by atoms with Crippen LogP contribution in [0.3, 0.4) is 0 Å². The first-order valence-corrected chi connectivity index (χ1v) is 10.5. The van der Waals surface area contributed by atoms with Crippen LogP contribution in [0, 0.1) is 0 Å². The van der Waals surface area contributed by atoms with Gasteiger partial charge in [0.1, 0.15) is 0 Å². The van der Waals surface area contributed by atoms with Crippen molar-refractivity contribution >= 4 is 17.7 Å². The van der Waals surface area contributed by atoms with Crippen LogP contribution in [0.1, 0.15) is 56.7 Å². The normalized spacial score (nSPS) is 14.8. The van der Waals surface area contributed by atoms with Gasteiger partial charge in [0.25, 0.3) is 0 Å². The number of carbonyl (C=O) groups is 1. The van der Waals surface area contributed by atoms with Crippen molar-refractivity contribution in [2.45, 2.75) is 70.0 Å². The lowest BCUT2D eigenvalue weighted by Gasteiger charge is -2.13. The third kappa shape index (κ3) is 5.77. The molecule has 2 aromatic rings. The fraction of sp³-hybridized carbons (Fsp3) is 0.579. The smallest absolute Gasteiger partial charge is 0.230 e. The molecule has 3 rings (SSSR count). The van der Waals surface area contributed by atoms with Crippen LogP contribution in [-0.2, 0) is 22.7 Å². The number of hydrogen-bond acceptors (Lipinski definition) is 6. The second-order valence-corrected chi connectivity index (χ2v) is 7.98. The number of amides is 1. The molecule has 0 aliphatic heterocycles. The Morgan fingerprint density at radius 2 is 2.04 bits per heavy atom. The van der Waals surface area contributed by atoms with E-state index in [0.717, 1.165) is 29.1 Å². The van der Waals surface area contributed by atoms with Gasteiger partial charge in [0.2, 0.25) is 11.1 Å². The van der Waals surface area contributed by atoms with E-state index in [4.69, 9.17) is 4.74 Å². The summed E-state index contributed by atoms with van der Waals surface area (Å²) >= 11 is 1.39. The lowest BCUT2D eigenvalue weighted by Crippen LogP contribution is -2.25. The summed E-state index contributed by atoms with van der Waals surface area (Å²) in [5.74, 6) is 0.276. The van der Waals surface area contributed by atoms with Crippen molar-refractivity contribution in [1.29, 1.82) is 0 Å². The number of carbonyl (C=O) groups excluding carboxylic acids is 1. The van der Waals surface area contributed by atoms with Crippen molar-refractivity contribution in [2.24, 2.45) is 0 Å². The molecule has 1 aromatic carbocycles. The topological polar surface area (TPSA) is 81.9 Å². The standard InChI is InChI=1S/C19H27N5O2S/c1-14(2)26-12-16-8-4-3-7-15(16)11-20-18(25)13-27-19-21-22-23-24(19)17-9-5-6-10-17/h3-4,7-8,14,17H,5-6,9-13H2,1-2H3,(H,20,25). The summed E-state index contributed by atoms with van der Waals surface area (Å²) in [5, 5.41) is 15.7. The van der Waals surface area contributed by atoms with Crippen molar-refractivity contribution in [1.82, 2.24) is 25.5 Å². The van der Waals surface area contributed by atoms with Crippen LogP contribution in [0.5, 0.6) is 0 Å². The molecular formula is C19H27N5O2S. The fourth-order valence-electron chi connectivity index (χ4n) is 3.16. The molecule has 1 heterocycles. The Labute approximate surface area is 164 Å². The third-order valence-corrected chi connectivity index (χ3v) is 5.57. The van der Waals surface area contributed by atoms with Crippen molar-refractivity contribution < 1.29 is 9.53 Å². The van der Waals surface area contributed by atoms with Gasteiger partial charge in [-0.1, -0.05) is 48.9 Å². The Morgan fingerprint density at radius 3 is 2.78 bits per heavy atom. The number of nitrogens with zero attached hydrogens (tertiary/aromatic N) is 4. The molecule has 146 valence electrons. The summed E-state index contributed by atoms with van der Waals surface area (Å²) in [6.07, 6.45) is 4.83. The van der Waals surface area contributed by atoms with Gasteiger partial charge in [0, 0.05) is 6.54 Å². The van der Waals surface area contributed by atoms with E-state index < -0.39 is 0 Å². The van der Waals surface area contributed by atoms with Gasteiger partial charge >= 0.3 is 0 Å². The second kappa shape index (κ2) is 9.85. The van der Waals surface area contributed by atoms with Gasteiger partial charge in [-0.3, -0.25) is 4.79 Å². The molecule has 1 aliphatic rings.